The number of nitrogens with two attached hydrogens (primary N) is 1. The molecule has 0 aliphatic rings. The fraction of sp³-hybridized carbons (Fsp3) is 0.133. The van der Waals surface area contributed by atoms with Gasteiger partial charge in [-0.15, -0.1) is 0 Å². The fourth-order valence-electron chi connectivity index (χ4n) is 1.66. The van der Waals surface area contributed by atoms with E-state index in [1.807, 2.05) is 50.2 Å². The van der Waals surface area contributed by atoms with Gasteiger partial charge in [-0.1, -0.05) is 17.7 Å². The molecule has 18 heavy (non-hydrogen) atoms. The van der Waals surface area contributed by atoms with Crippen molar-refractivity contribution in [2.75, 3.05) is 0 Å². The molecule has 2 aromatic rings. The van der Waals surface area contributed by atoms with Crippen molar-refractivity contribution in [3.63, 3.8) is 0 Å². The van der Waals surface area contributed by atoms with E-state index >= 15 is 0 Å². The van der Waals surface area contributed by atoms with Crippen LogP contribution in [0.4, 0.5) is 0 Å². The van der Waals surface area contributed by atoms with E-state index in [0.29, 0.717) is 5.56 Å². The van der Waals surface area contributed by atoms with Crippen LogP contribution in [0.15, 0.2) is 42.5 Å². The van der Waals surface area contributed by atoms with Crippen LogP contribution in [0.3, 0.4) is 0 Å². The number of nitrogens with one attached hydrogen (secondary N) is 1. The van der Waals surface area contributed by atoms with E-state index in [1.54, 1.807) is 6.07 Å². The van der Waals surface area contributed by atoms with E-state index in [9.17, 15) is 0 Å². The third-order valence-electron chi connectivity index (χ3n) is 2.73. The lowest BCUT2D eigenvalue weighted by Gasteiger charge is -2.10. The highest BCUT2D eigenvalue weighted by Gasteiger charge is 2.04. The Labute approximate surface area is 107 Å². The highest BCUT2D eigenvalue weighted by molar-refractivity contribution is 5.95. The van der Waals surface area contributed by atoms with Crippen LogP contribution in [-0.4, -0.2) is 5.84 Å². The molecule has 0 atom stereocenters. The number of hydrogen-bond acceptors (Lipinski definition) is 2. The molecule has 92 valence electrons. The summed E-state index contributed by atoms with van der Waals surface area (Å²) in [5.41, 5.74) is 8.32. The SMILES string of the molecule is Cc1ccc(Oc2ccc(C(=N)N)cc2C)cc1. The van der Waals surface area contributed by atoms with Crippen molar-refractivity contribution < 1.29 is 4.74 Å². The second-order valence-electron chi connectivity index (χ2n) is 4.31. The highest BCUT2D eigenvalue weighted by Crippen LogP contribution is 2.25. The largest absolute Gasteiger partial charge is 0.457 e. The van der Waals surface area contributed by atoms with Crippen molar-refractivity contribution in [1.29, 1.82) is 5.41 Å². The molecule has 3 nitrogen and oxygen atoms in total. The van der Waals surface area contributed by atoms with Crippen LogP contribution < -0.4 is 10.5 Å². The summed E-state index contributed by atoms with van der Waals surface area (Å²) in [6, 6.07) is 13.4. The van der Waals surface area contributed by atoms with Crippen molar-refractivity contribution in [1.82, 2.24) is 0 Å². The second-order valence-corrected chi connectivity index (χ2v) is 4.31. The van der Waals surface area contributed by atoms with Gasteiger partial charge in [-0.2, -0.15) is 0 Å². The molecule has 0 amide bonds. The third-order valence-corrected chi connectivity index (χ3v) is 2.73. The predicted octanol–water partition coefficient (Wildman–Crippen LogP) is 3.38. The Bertz CT molecular complexity index is 574. The van der Waals surface area contributed by atoms with Crippen LogP contribution in [0.1, 0.15) is 16.7 Å². The van der Waals surface area contributed by atoms with Crippen LogP contribution in [0, 0.1) is 19.3 Å². The molecule has 0 aromatic heterocycles. The molecule has 0 saturated carbocycles. The number of ether oxygens (including phenoxy) is 1. The van der Waals surface area contributed by atoms with Crippen molar-refractivity contribution in [2.45, 2.75) is 13.8 Å². The monoisotopic (exact) mass is 240 g/mol. The zero-order chi connectivity index (χ0) is 13.1. The molecule has 3 heteroatoms. The minimum absolute atomic E-state index is 0.0694. The molecule has 0 saturated heterocycles. The normalized spacial score (nSPS) is 10.1. The number of hydrogen-bond donors (Lipinski definition) is 2. The van der Waals surface area contributed by atoms with Crippen LogP contribution >= 0.6 is 0 Å². The summed E-state index contributed by atoms with van der Waals surface area (Å²) in [6.45, 7) is 3.98. The Hall–Kier alpha value is -2.29. The summed E-state index contributed by atoms with van der Waals surface area (Å²) in [6.07, 6.45) is 0. The van der Waals surface area contributed by atoms with Gasteiger partial charge in [0.2, 0.25) is 0 Å². The van der Waals surface area contributed by atoms with E-state index in [-0.39, 0.29) is 5.84 Å². The zero-order valence-electron chi connectivity index (χ0n) is 10.5. The van der Waals surface area contributed by atoms with Crippen molar-refractivity contribution in [3.05, 3.63) is 59.2 Å². The summed E-state index contributed by atoms with van der Waals surface area (Å²) >= 11 is 0. The van der Waals surface area contributed by atoms with Gasteiger partial charge in [0.15, 0.2) is 0 Å². The molecule has 0 aliphatic carbocycles. The smallest absolute Gasteiger partial charge is 0.130 e. The molecule has 0 aliphatic heterocycles. The molecule has 0 spiro atoms. The average Bonchev–Trinajstić information content (AvgIpc) is 2.34. The molecule has 0 heterocycles. The summed E-state index contributed by atoms with van der Waals surface area (Å²) in [5.74, 6) is 1.66. The number of aryl methyl sites for hydroxylation is 2. The molecule has 3 N–H and O–H groups in total. The van der Waals surface area contributed by atoms with E-state index in [2.05, 4.69) is 0 Å². The number of nitrogen functional groups attached to an aromatic ring is 1. The van der Waals surface area contributed by atoms with Gasteiger partial charge in [-0.3, -0.25) is 5.41 Å². The maximum Gasteiger partial charge on any atom is 0.130 e. The van der Waals surface area contributed by atoms with E-state index in [0.717, 1.165) is 17.1 Å². The maximum atomic E-state index is 7.38. The molecule has 0 bridgehead atoms. The topological polar surface area (TPSA) is 59.1 Å². The predicted molar refractivity (Wildman–Crippen MR) is 73.4 cm³/mol. The summed E-state index contributed by atoms with van der Waals surface area (Å²) in [5, 5.41) is 7.38. The lowest BCUT2D eigenvalue weighted by molar-refractivity contribution is 0.479. The first kappa shape index (κ1) is 12.2. The highest BCUT2D eigenvalue weighted by atomic mass is 16.5. The van der Waals surface area contributed by atoms with Gasteiger partial charge in [0.1, 0.15) is 17.3 Å². The summed E-state index contributed by atoms with van der Waals surface area (Å²) < 4.78 is 5.79. The maximum absolute atomic E-state index is 7.38. The van der Waals surface area contributed by atoms with Crippen LogP contribution in [0.2, 0.25) is 0 Å². The Kier molecular flexibility index (Phi) is 3.33. The lowest BCUT2D eigenvalue weighted by atomic mass is 10.1. The van der Waals surface area contributed by atoms with Crippen LogP contribution in [-0.2, 0) is 0 Å². The van der Waals surface area contributed by atoms with Crippen molar-refractivity contribution >= 4 is 5.84 Å². The molecule has 0 radical (unpaired) electrons. The van der Waals surface area contributed by atoms with Gasteiger partial charge < -0.3 is 10.5 Å². The van der Waals surface area contributed by atoms with Gasteiger partial charge in [-0.25, -0.2) is 0 Å². The Morgan fingerprint density at radius 3 is 2.28 bits per heavy atom. The molecule has 2 aromatic carbocycles. The molecule has 0 unspecified atom stereocenters. The zero-order valence-corrected chi connectivity index (χ0v) is 10.5. The quantitative estimate of drug-likeness (QED) is 0.638. The fourth-order valence-corrected chi connectivity index (χ4v) is 1.66. The Morgan fingerprint density at radius 2 is 1.72 bits per heavy atom. The van der Waals surface area contributed by atoms with Crippen LogP contribution in [0.5, 0.6) is 11.5 Å². The Morgan fingerprint density at radius 1 is 1.06 bits per heavy atom. The van der Waals surface area contributed by atoms with E-state index in [1.165, 1.54) is 5.56 Å². The summed E-state index contributed by atoms with van der Waals surface area (Å²) in [7, 11) is 0. The summed E-state index contributed by atoms with van der Waals surface area (Å²) in [4.78, 5) is 0. The van der Waals surface area contributed by atoms with Gasteiger partial charge in [0.05, 0.1) is 0 Å². The van der Waals surface area contributed by atoms with Gasteiger partial charge in [0.25, 0.3) is 0 Å². The third kappa shape index (κ3) is 2.69. The van der Waals surface area contributed by atoms with Gasteiger partial charge >= 0.3 is 0 Å². The minimum atomic E-state index is 0.0694. The standard InChI is InChI=1S/C15H16N2O/c1-10-3-6-13(7-4-10)18-14-8-5-12(15(16)17)9-11(14)2/h3-9H,1-2H3,(H3,16,17). The average molecular weight is 240 g/mol. The van der Waals surface area contributed by atoms with Gasteiger partial charge in [-0.05, 0) is 49.7 Å². The second kappa shape index (κ2) is 4.92. The van der Waals surface area contributed by atoms with E-state index in [4.69, 9.17) is 15.9 Å². The van der Waals surface area contributed by atoms with Crippen molar-refractivity contribution in [3.8, 4) is 11.5 Å². The van der Waals surface area contributed by atoms with E-state index < -0.39 is 0 Å². The molecular formula is C15H16N2O. The molecule has 0 fully saturated rings. The van der Waals surface area contributed by atoms with Gasteiger partial charge in [0, 0.05) is 5.56 Å². The first-order valence-corrected chi connectivity index (χ1v) is 5.76. The number of amidine groups is 1. The minimum Gasteiger partial charge on any atom is -0.457 e. The van der Waals surface area contributed by atoms with Crippen LogP contribution in [0.25, 0.3) is 0 Å². The first-order valence-electron chi connectivity index (χ1n) is 5.76. The number of benzene rings is 2. The molecule has 2 rings (SSSR count). The Balaban J connectivity index is 2.24. The first-order chi connectivity index (χ1) is 8.56. The molecular weight excluding hydrogens is 224 g/mol. The van der Waals surface area contributed by atoms with Crippen molar-refractivity contribution in [2.24, 2.45) is 5.73 Å². The number of rotatable bonds is 3. The lowest BCUT2D eigenvalue weighted by Crippen LogP contribution is -2.11.